The summed E-state index contributed by atoms with van der Waals surface area (Å²) >= 11 is 11.7. The van der Waals surface area contributed by atoms with Crippen molar-refractivity contribution in [2.75, 3.05) is 42.7 Å². The summed E-state index contributed by atoms with van der Waals surface area (Å²) in [6.45, 7) is 4.25. The molecule has 0 radical (unpaired) electrons. The van der Waals surface area contributed by atoms with E-state index in [2.05, 4.69) is 178 Å². The molecule has 0 bridgehead atoms. The topological polar surface area (TPSA) is 68.3 Å². The molecule has 0 unspecified atom stereocenters. The number of benzene rings is 8. The van der Waals surface area contributed by atoms with Crippen LogP contribution in [-0.2, 0) is 25.5 Å². The van der Waals surface area contributed by atoms with Crippen LogP contribution in [0.25, 0.3) is 0 Å². The molecule has 0 saturated heterocycles. The molecule has 7 nitrogen and oxygen atoms in total. The van der Waals surface area contributed by atoms with Crippen molar-refractivity contribution < 1.29 is 53.9 Å². The summed E-state index contributed by atoms with van der Waals surface area (Å²) in [5, 5.41) is 10.3. The molecular weight excluding hydrogens is 1320 g/mol. The summed E-state index contributed by atoms with van der Waals surface area (Å²) in [4.78, 5) is 4.61. The van der Waals surface area contributed by atoms with Gasteiger partial charge in [-0.1, -0.05) is 139 Å². The van der Waals surface area contributed by atoms with Gasteiger partial charge in [0.2, 0.25) is 0 Å². The number of methoxy groups -OCH3 is 6. The first-order valence-electron chi connectivity index (χ1n) is 23.3. The van der Waals surface area contributed by atoms with Crippen LogP contribution in [0.3, 0.4) is 0 Å². The van der Waals surface area contributed by atoms with Gasteiger partial charge in [-0.2, -0.15) is 0 Å². The maximum absolute atomic E-state index is 5.30. The summed E-state index contributed by atoms with van der Waals surface area (Å²) in [6.07, 6.45) is 1.88. The van der Waals surface area contributed by atoms with Crippen molar-refractivity contribution in [2.24, 2.45) is 0 Å². The standard InChI is InChI=1S/2C21H21O3P.C19H18NP.2Cu.2HI/c2*1-22-16-4-10-19(11-5-16)25(20-12-6-17(23-2)7-13-20)21-14-8-18(24-3)9-15-21;1-15-6-10-17(11-7-15)21(19-5-3-4-14-20-19)18-12-8-16(2)9-13-18;;;;/h2*4-15H,1-3H3;3-14H,1-2H3;;;2*1H/q;;;2*+1;;/p-2. The van der Waals surface area contributed by atoms with Crippen molar-refractivity contribution in [1.82, 2.24) is 4.98 Å². The monoisotopic (exact) mass is 1380 g/mol. The maximum atomic E-state index is 5.30. The van der Waals surface area contributed by atoms with Crippen LogP contribution in [0, 0.1) is 13.8 Å². The van der Waals surface area contributed by atoms with Gasteiger partial charge in [0.25, 0.3) is 0 Å². The van der Waals surface area contributed by atoms with Crippen molar-refractivity contribution in [3.05, 3.63) is 230 Å². The molecular formula is C61H60Cu2I2NO6P3. The molecule has 396 valence electrons. The number of aromatic nitrogens is 1. The van der Waals surface area contributed by atoms with Crippen LogP contribution >= 0.6 is 64.5 Å². The molecule has 0 fully saturated rings. The predicted molar refractivity (Wildman–Crippen MR) is 330 cm³/mol. The number of hydrogen-bond donors (Lipinski definition) is 0. The summed E-state index contributed by atoms with van der Waals surface area (Å²) in [5.74, 6) is 5.18. The molecule has 0 saturated carbocycles. The normalized spacial score (nSPS) is 10.3. The second-order valence-corrected chi connectivity index (χ2v) is 22.7. The summed E-state index contributed by atoms with van der Waals surface area (Å²) < 4.78 is 31.8. The molecule has 0 amide bonds. The van der Waals surface area contributed by atoms with Gasteiger partial charge in [-0.25, -0.2) is 0 Å². The van der Waals surface area contributed by atoms with Gasteiger partial charge in [0.1, 0.15) is 34.5 Å². The number of aryl methyl sites for hydroxylation is 2. The van der Waals surface area contributed by atoms with Gasteiger partial charge in [-0.05, 0) is 157 Å². The van der Waals surface area contributed by atoms with E-state index in [1.54, 1.807) is 83.3 Å². The Labute approximate surface area is 487 Å². The SMILES string of the molecule is COc1ccc(P(c2ccc(OC)cc2)c2ccc(OC)cc2)cc1.COc1ccc(P(c2ccc(OC)cc2)c2ccc(OC)cc2)cc1.Cc1ccc(P(c2ccc(C)cc2)c2ccccn2)cc1.[Cu][I].[Cu][I]. The molecule has 0 atom stereocenters. The van der Waals surface area contributed by atoms with Crippen LogP contribution in [0.15, 0.2) is 219 Å². The van der Waals surface area contributed by atoms with Gasteiger partial charge >= 0.3 is 66.2 Å². The average molecular weight is 1380 g/mol. The van der Waals surface area contributed by atoms with Crippen molar-refractivity contribution in [3.8, 4) is 34.5 Å². The van der Waals surface area contributed by atoms with Gasteiger partial charge in [0.15, 0.2) is 0 Å². The number of nitrogens with zero attached hydrogens (tertiary/aromatic N) is 1. The van der Waals surface area contributed by atoms with Gasteiger partial charge < -0.3 is 28.4 Å². The third-order valence-corrected chi connectivity index (χ3v) is 18.7. The number of rotatable bonds is 15. The zero-order valence-electron chi connectivity index (χ0n) is 42.9. The summed E-state index contributed by atoms with van der Waals surface area (Å²) in [6, 6.07) is 73.6. The van der Waals surface area contributed by atoms with E-state index < -0.39 is 23.8 Å². The van der Waals surface area contributed by atoms with Gasteiger partial charge in [-0.3, -0.25) is 4.98 Å². The molecule has 0 aliphatic heterocycles. The Hall–Kier alpha value is -4.50. The third kappa shape index (κ3) is 18.3. The molecule has 1 aromatic heterocycles. The molecule has 8 aromatic carbocycles. The second kappa shape index (κ2) is 33.6. The Morgan fingerprint density at radius 2 is 0.480 bits per heavy atom. The second-order valence-electron chi connectivity index (χ2n) is 16.1. The van der Waals surface area contributed by atoms with Crippen molar-refractivity contribution in [1.29, 1.82) is 0 Å². The average Bonchev–Trinajstić information content (AvgIpc) is 3.49. The van der Waals surface area contributed by atoms with E-state index in [1.165, 1.54) is 53.6 Å². The van der Waals surface area contributed by atoms with E-state index in [9.17, 15) is 0 Å². The Balaban J connectivity index is 0.000000202. The molecule has 1 heterocycles. The first kappa shape index (κ1) is 61.4. The van der Waals surface area contributed by atoms with Crippen LogP contribution in [0.4, 0.5) is 0 Å². The summed E-state index contributed by atoms with van der Waals surface area (Å²) in [7, 11) is 8.20. The first-order chi connectivity index (χ1) is 36.7. The van der Waals surface area contributed by atoms with Gasteiger partial charge in [0.05, 0.1) is 48.1 Å². The minimum atomic E-state index is -0.665. The molecule has 9 aromatic rings. The molecule has 75 heavy (non-hydrogen) atoms. The Morgan fingerprint density at radius 1 is 0.280 bits per heavy atom. The summed E-state index contributed by atoms with van der Waals surface area (Å²) in [5.41, 5.74) is 3.73. The Kier molecular flexibility index (Phi) is 27.5. The number of ether oxygens (including phenoxy) is 6. The quantitative estimate of drug-likeness (QED) is 0.0575. The first-order valence-corrected chi connectivity index (χ1v) is 33.4. The van der Waals surface area contributed by atoms with E-state index in [0.29, 0.717) is 0 Å². The fourth-order valence-electron chi connectivity index (χ4n) is 7.57. The van der Waals surface area contributed by atoms with E-state index in [-0.39, 0.29) is 0 Å². The number of pyridine rings is 1. The number of hydrogen-bond acceptors (Lipinski definition) is 7. The van der Waals surface area contributed by atoms with Crippen molar-refractivity contribution >= 4 is 112 Å². The molecule has 0 spiro atoms. The van der Waals surface area contributed by atoms with Gasteiger partial charge in [0, 0.05) is 14.1 Å². The van der Waals surface area contributed by atoms with Crippen molar-refractivity contribution in [3.63, 3.8) is 0 Å². The fourth-order valence-corrected chi connectivity index (χ4v) is 14.2. The molecule has 0 N–H and O–H groups in total. The van der Waals surface area contributed by atoms with E-state index in [1.807, 2.05) is 85.1 Å². The van der Waals surface area contributed by atoms with Crippen LogP contribution in [0.1, 0.15) is 11.1 Å². The number of halogens is 2. The van der Waals surface area contributed by atoms with Crippen LogP contribution in [0.5, 0.6) is 34.5 Å². The predicted octanol–water partition coefficient (Wildman–Crippen LogP) is 12.2. The van der Waals surface area contributed by atoms with E-state index in [0.717, 1.165) is 39.9 Å². The molecule has 9 rings (SSSR count). The van der Waals surface area contributed by atoms with E-state index >= 15 is 0 Å². The zero-order valence-corrected chi connectivity index (χ0v) is 51.8. The van der Waals surface area contributed by atoms with Gasteiger partial charge in [-0.15, -0.1) is 0 Å². The van der Waals surface area contributed by atoms with Crippen LogP contribution < -0.4 is 76.3 Å². The minimum absolute atomic E-state index is 0.582. The van der Waals surface area contributed by atoms with Crippen LogP contribution in [0.2, 0.25) is 0 Å². The fraction of sp³-hybridized carbons (Fsp3) is 0.131. The third-order valence-electron chi connectivity index (χ3n) is 11.4. The van der Waals surface area contributed by atoms with Crippen molar-refractivity contribution in [2.45, 2.75) is 13.8 Å². The Bertz CT molecular complexity index is 2570. The zero-order chi connectivity index (χ0) is 54.0. The Morgan fingerprint density at radius 3 is 0.667 bits per heavy atom. The molecule has 0 aliphatic rings. The van der Waals surface area contributed by atoms with E-state index in [4.69, 9.17) is 28.4 Å². The van der Waals surface area contributed by atoms with Crippen LogP contribution in [-0.4, -0.2) is 47.6 Å². The molecule has 14 heteroatoms. The molecule has 0 aliphatic carbocycles.